The predicted molar refractivity (Wildman–Crippen MR) is 95.0 cm³/mol. The summed E-state index contributed by atoms with van der Waals surface area (Å²) in [5.74, 6) is -1.73. The van der Waals surface area contributed by atoms with Crippen molar-refractivity contribution in [2.75, 3.05) is 5.32 Å². The van der Waals surface area contributed by atoms with Crippen molar-refractivity contribution in [2.45, 2.75) is 39.2 Å². The molecular weight excluding hydrogens is 321 g/mol. The number of nitrogens with one attached hydrogen (secondary N) is 1. The lowest BCUT2D eigenvalue weighted by Gasteiger charge is -2.19. The molecule has 0 saturated heterocycles. The summed E-state index contributed by atoms with van der Waals surface area (Å²) >= 11 is 0. The summed E-state index contributed by atoms with van der Waals surface area (Å²) in [5.41, 5.74) is 1.85. The Labute approximate surface area is 147 Å². The number of amides is 1. The molecule has 0 spiro atoms. The lowest BCUT2D eigenvalue weighted by atomic mass is 9.87. The number of carbonyl (C=O) groups is 2. The molecule has 4 nitrogen and oxygen atoms in total. The van der Waals surface area contributed by atoms with Crippen LogP contribution in [0.25, 0.3) is 0 Å². The van der Waals surface area contributed by atoms with Gasteiger partial charge in [0.15, 0.2) is 6.10 Å². The van der Waals surface area contributed by atoms with Gasteiger partial charge in [0.2, 0.25) is 0 Å². The van der Waals surface area contributed by atoms with Crippen LogP contribution in [0.3, 0.4) is 0 Å². The summed E-state index contributed by atoms with van der Waals surface area (Å²) in [6.07, 6.45) is -1.00. The maximum atomic E-state index is 13.1. The lowest BCUT2D eigenvalue weighted by molar-refractivity contribution is -0.123. The van der Waals surface area contributed by atoms with Crippen LogP contribution >= 0.6 is 0 Å². The topological polar surface area (TPSA) is 55.4 Å². The van der Waals surface area contributed by atoms with Crippen molar-refractivity contribution in [1.29, 1.82) is 0 Å². The fraction of sp³-hybridized carbons (Fsp3) is 0.300. The molecule has 1 unspecified atom stereocenters. The molecule has 0 bridgehead atoms. The molecule has 2 aromatic carbocycles. The van der Waals surface area contributed by atoms with E-state index in [-0.39, 0.29) is 11.0 Å². The van der Waals surface area contributed by atoms with E-state index in [1.165, 1.54) is 25.1 Å². The van der Waals surface area contributed by atoms with E-state index in [2.05, 4.69) is 26.1 Å². The maximum absolute atomic E-state index is 13.1. The van der Waals surface area contributed by atoms with E-state index >= 15 is 0 Å². The number of hydrogen-bond acceptors (Lipinski definition) is 3. The first kappa shape index (κ1) is 18.6. The van der Waals surface area contributed by atoms with E-state index in [1.54, 1.807) is 12.1 Å². The number of esters is 1. The number of anilines is 1. The largest absolute Gasteiger partial charge is 0.449 e. The third-order valence-electron chi connectivity index (χ3n) is 3.73. The van der Waals surface area contributed by atoms with Gasteiger partial charge in [0.1, 0.15) is 5.82 Å². The smallest absolute Gasteiger partial charge is 0.339 e. The minimum absolute atomic E-state index is 0.0241. The third-order valence-corrected chi connectivity index (χ3v) is 3.73. The first-order chi connectivity index (χ1) is 11.7. The van der Waals surface area contributed by atoms with Crippen LogP contribution in [0.1, 0.15) is 43.6 Å². The standard InChI is InChI=1S/C20H22FNO3/c1-13(25-19(24)14-6-5-7-16(21)12-14)18(23)22-17-10-8-15(9-11-17)20(2,3)4/h5-13H,1-4H3,(H,22,23). The SMILES string of the molecule is CC(OC(=O)c1cccc(F)c1)C(=O)Nc1ccc(C(C)(C)C)cc1. The summed E-state index contributed by atoms with van der Waals surface area (Å²) in [6, 6.07) is 12.6. The first-order valence-corrected chi connectivity index (χ1v) is 8.05. The van der Waals surface area contributed by atoms with Gasteiger partial charge in [-0.3, -0.25) is 4.79 Å². The van der Waals surface area contributed by atoms with Crippen molar-refractivity contribution >= 4 is 17.6 Å². The van der Waals surface area contributed by atoms with E-state index in [0.717, 1.165) is 11.6 Å². The van der Waals surface area contributed by atoms with Gasteiger partial charge < -0.3 is 10.1 Å². The summed E-state index contributed by atoms with van der Waals surface area (Å²) in [7, 11) is 0. The number of benzene rings is 2. The average molecular weight is 343 g/mol. The second-order valence-corrected chi connectivity index (χ2v) is 6.87. The highest BCUT2D eigenvalue weighted by Gasteiger charge is 2.20. The molecule has 0 heterocycles. The van der Waals surface area contributed by atoms with Gasteiger partial charge in [-0.25, -0.2) is 9.18 Å². The molecule has 2 aromatic rings. The van der Waals surface area contributed by atoms with Crippen LogP contribution in [0.15, 0.2) is 48.5 Å². The van der Waals surface area contributed by atoms with Gasteiger partial charge in [0.05, 0.1) is 5.56 Å². The summed E-state index contributed by atoms with van der Waals surface area (Å²) in [4.78, 5) is 24.1. The Hall–Kier alpha value is -2.69. The predicted octanol–water partition coefficient (Wildman–Crippen LogP) is 4.31. The quantitative estimate of drug-likeness (QED) is 0.842. The zero-order valence-electron chi connectivity index (χ0n) is 14.8. The van der Waals surface area contributed by atoms with E-state index in [1.807, 2.05) is 12.1 Å². The van der Waals surface area contributed by atoms with Crippen molar-refractivity contribution < 1.29 is 18.7 Å². The van der Waals surface area contributed by atoms with Crippen LogP contribution < -0.4 is 5.32 Å². The maximum Gasteiger partial charge on any atom is 0.339 e. The summed E-state index contributed by atoms with van der Waals surface area (Å²) in [5, 5.41) is 2.70. The monoisotopic (exact) mass is 343 g/mol. The molecule has 0 aliphatic heterocycles. The Kier molecular flexibility index (Phi) is 5.57. The van der Waals surface area contributed by atoms with Crippen molar-refractivity contribution in [3.8, 4) is 0 Å². The zero-order valence-corrected chi connectivity index (χ0v) is 14.8. The highest BCUT2D eigenvalue weighted by atomic mass is 19.1. The molecule has 25 heavy (non-hydrogen) atoms. The van der Waals surface area contributed by atoms with Gasteiger partial charge >= 0.3 is 5.97 Å². The highest BCUT2D eigenvalue weighted by Crippen LogP contribution is 2.23. The molecule has 0 radical (unpaired) electrons. The number of ether oxygens (including phenoxy) is 1. The van der Waals surface area contributed by atoms with Crippen molar-refractivity contribution in [1.82, 2.24) is 0 Å². The molecule has 1 amide bonds. The summed E-state index contributed by atoms with van der Waals surface area (Å²) in [6.45, 7) is 7.79. The molecule has 0 aliphatic carbocycles. The molecule has 0 aliphatic rings. The Morgan fingerprint density at radius 2 is 1.72 bits per heavy atom. The molecule has 0 fully saturated rings. The zero-order chi connectivity index (χ0) is 18.6. The van der Waals surface area contributed by atoms with Gasteiger partial charge in [-0.2, -0.15) is 0 Å². The molecule has 1 N–H and O–H groups in total. The van der Waals surface area contributed by atoms with E-state index < -0.39 is 23.8 Å². The van der Waals surface area contributed by atoms with Crippen LogP contribution in [-0.4, -0.2) is 18.0 Å². The van der Waals surface area contributed by atoms with Crippen LogP contribution in [0.2, 0.25) is 0 Å². The average Bonchev–Trinajstić information content (AvgIpc) is 2.54. The Morgan fingerprint density at radius 3 is 2.28 bits per heavy atom. The van der Waals surface area contributed by atoms with Gasteiger partial charge in [0, 0.05) is 5.69 Å². The van der Waals surface area contributed by atoms with Crippen LogP contribution in [-0.2, 0) is 14.9 Å². The van der Waals surface area contributed by atoms with E-state index in [4.69, 9.17) is 4.74 Å². The van der Waals surface area contributed by atoms with Crippen molar-refractivity contribution in [3.63, 3.8) is 0 Å². The van der Waals surface area contributed by atoms with Gasteiger partial charge in [0.25, 0.3) is 5.91 Å². The van der Waals surface area contributed by atoms with Crippen molar-refractivity contribution in [3.05, 3.63) is 65.5 Å². The van der Waals surface area contributed by atoms with Crippen LogP contribution in [0.5, 0.6) is 0 Å². The van der Waals surface area contributed by atoms with E-state index in [9.17, 15) is 14.0 Å². The lowest BCUT2D eigenvalue weighted by Crippen LogP contribution is -2.30. The Morgan fingerprint density at radius 1 is 1.08 bits per heavy atom. The van der Waals surface area contributed by atoms with Crippen LogP contribution in [0, 0.1) is 5.82 Å². The Bertz CT molecular complexity index is 763. The van der Waals surface area contributed by atoms with Gasteiger partial charge in [-0.15, -0.1) is 0 Å². The first-order valence-electron chi connectivity index (χ1n) is 8.05. The second-order valence-electron chi connectivity index (χ2n) is 6.87. The molecule has 2 rings (SSSR count). The molecular formula is C20H22FNO3. The second kappa shape index (κ2) is 7.47. The molecule has 0 aromatic heterocycles. The fourth-order valence-corrected chi connectivity index (χ4v) is 2.20. The highest BCUT2D eigenvalue weighted by molar-refractivity contribution is 5.97. The van der Waals surface area contributed by atoms with E-state index in [0.29, 0.717) is 5.69 Å². The molecule has 5 heteroatoms. The minimum Gasteiger partial charge on any atom is -0.449 e. The number of hydrogen-bond donors (Lipinski definition) is 1. The van der Waals surface area contributed by atoms with Gasteiger partial charge in [-0.1, -0.05) is 39.0 Å². The normalized spacial score (nSPS) is 12.4. The summed E-state index contributed by atoms with van der Waals surface area (Å²) < 4.78 is 18.2. The van der Waals surface area contributed by atoms with Crippen LogP contribution in [0.4, 0.5) is 10.1 Å². The number of halogens is 1. The third kappa shape index (κ3) is 5.14. The number of rotatable bonds is 4. The van der Waals surface area contributed by atoms with Gasteiger partial charge in [-0.05, 0) is 48.2 Å². The molecule has 1 atom stereocenters. The van der Waals surface area contributed by atoms with Crippen molar-refractivity contribution in [2.24, 2.45) is 0 Å². The fourth-order valence-electron chi connectivity index (χ4n) is 2.20. The number of carbonyl (C=O) groups excluding carboxylic acids is 2. The molecule has 132 valence electrons. The minimum atomic E-state index is -1.00. The Balaban J connectivity index is 1.97. The molecule has 0 saturated carbocycles.